The molecule has 2 fully saturated rings. The number of fused-ring (bicyclic) bond motifs is 3. The SMILES string of the molecule is COC(=O)N[C@H](C(=O)N1CCCC1c1ncc(-c2ccc3c4ccc(-c5cnc([C@@H]6CCCN6C(=O)[C@@H](NC(=O)O)C(C)C)[nH]5)cc4n(S(=O)(=O)c4ccccc4)c3c2)[nH]1)C(C)C. The van der Waals surface area contributed by atoms with E-state index in [1.165, 1.54) is 11.1 Å². The maximum Gasteiger partial charge on any atom is 0.407 e. The molecule has 5 N–H and O–H groups in total. The summed E-state index contributed by atoms with van der Waals surface area (Å²) in [5.74, 6) is 0.160. The summed E-state index contributed by atoms with van der Waals surface area (Å²) in [7, 11) is -2.90. The molecule has 1 unspecified atom stereocenters. The maximum atomic E-state index is 14.7. The number of methoxy groups -OCH3 is 1. The minimum absolute atomic E-state index is 0.114. The number of H-pyrrole nitrogens is 2. The Labute approximate surface area is 364 Å². The van der Waals surface area contributed by atoms with Crippen molar-refractivity contribution in [3.8, 4) is 22.5 Å². The molecule has 2 saturated heterocycles. The van der Waals surface area contributed by atoms with Crippen LogP contribution in [-0.2, 0) is 24.3 Å². The van der Waals surface area contributed by atoms with E-state index in [1.807, 2.05) is 50.2 Å². The Balaban J connectivity index is 1.15. The van der Waals surface area contributed by atoms with E-state index in [4.69, 9.17) is 9.72 Å². The zero-order chi connectivity index (χ0) is 44.7. The number of imidazole rings is 2. The van der Waals surface area contributed by atoms with Crippen molar-refractivity contribution < 1.29 is 37.4 Å². The summed E-state index contributed by atoms with van der Waals surface area (Å²) >= 11 is 0. The van der Waals surface area contributed by atoms with Crippen molar-refractivity contribution in [1.82, 2.24) is 44.3 Å². The van der Waals surface area contributed by atoms with Crippen LogP contribution in [0.3, 0.4) is 0 Å². The summed E-state index contributed by atoms with van der Waals surface area (Å²) in [6.45, 7) is 8.27. The predicted octanol–water partition coefficient (Wildman–Crippen LogP) is 6.81. The van der Waals surface area contributed by atoms with Gasteiger partial charge in [0.1, 0.15) is 23.7 Å². The number of alkyl carbamates (subject to hydrolysis) is 1. The number of hydrogen-bond donors (Lipinski definition) is 5. The minimum atomic E-state index is -4.16. The highest BCUT2D eigenvalue weighted by atomic mass is 32.2. The van der Waals surface area contributed by atoms with Gasteiger partial charge in [-0.15, -0.1) is 0 Å². The molecule has 63 heavy (non-hydrogen) atoms. The standard InChI is InChI=1S/C45H51N9O8S/c1-25(2)38(50-44(57)58)42(55)52-19-9-13-34(52)40-46-23-32(48-40)27-15-17-30-31-18-16-28(22-37(31)54(36(30)21-27)63(60,61)29-11-7-6-8-12-29)33-24-47-41(49-33)35-14-10-20-53(35)43(56)39(26(3)4)51-45(59)62-5/h6-8,11-12,15-18,21-26,34-35,38-39,50H,9-10,13-14,19-20H2,1-5H3,(H,46,48)(H,47,49)(H,51,59)(H,57,58)/t34-,35?,38-,39-/m0/s1. The number of nitrogens with zero attached hydrogens (tertiary/aromatic N) is 5. The number of hydrogen-bond acceptors (Lipinski definition) is 9. The van der Waals surface area contributed by atoms with Crippen LogP contribution >= 0.6 is 0 Å². The average Bonchev–Trinajstić information content (AvgIpc) is 4.12. The molecule has 0 spiro atoms. The molecule has 17 nitrogen and oxygen atoms in total. The molecule has 6 aromatic rings. The molecule has 3 aromatic heterocycles. The van der Waals surface area contributed by atoms with Crippen LogP contribution in [0, 0.1) is 11.8 Å². The van der Waals surface area contributed by atoms with Gasteiger partial charge in [-0.2, -0.15) is 0 Å². The molecule has 0 bridgehead atoms. The quantitative estimate of drug-likeness (QED) is 0.0863. The molecule has 8 rings (SSSR count). The molecule has 0 aliphatic carbocycles. The zero-order valence-electron chi connectivity index (χ0n) is 35.7. The Morgan fingerprint density at radius 1 is 0.730 bits per heavy atom. The lowest BCUT2D eigenvalue weighted by molar-refractivity contribution is -0.136. The Hall–Kier alpha value is -6.69. The molecule has 0 radical (unpaired) electrons. The van der Waals surface area contributed by atoms with Crippen LogP contribution in [0.4, 0.5) is 9.59 Å². The molecular formula is C45H51N9O8S. The largest absolute Gasteiger partial charge is 0.465 e. The normalized spacial score (nSPS) is 17.8. The fourth-order valence-electron chi connectivity index (χ4n) is 8.91. The van der Waals surface area contributed by atoms with Gasteiger partial charge in [0.2, 0.25) is 11.8 Å². The first kappa shape index (κ1) is 43.0. The number of aromatic amines is 2. The summed E-state index contributed by atoms with van der Waals surface area (Å²) in [6, 6.07) is 17.0. The number of benzene rings is 3. The van der Waals surface area contributed by atoms with Gasteiger partial charge in [-0.25, -0.2) is 31.9 Å². The predicted molar refractivity (Wildman–Crippen MR) is 235 cm³/mol. The van der Waals surface area contributed by atoms with Crippen molar-refractivity contribution in [3.05, 3.63) is 90.8 Å². The summed E-state index contributed by atoms with van der Waals surface area (Å²) < 4.78 is 35.6. The number of amides is 4. The molecule has 4 atom stereocenters. The monoisotopic (exact) mass is 877 g/mol. The van der Waals surface area contributed by atoms with Crippen molar-refractivity contribution in [3.63, 3.8) is 0 Å². The van der Waals surface area contributed by atoms with Gasteiger partial charge in [0, 0.05) is 35.0 Å². The fourth-order valence-corrected chi connectivity index (χ4v) is 10.4. The third-order valence-corrected chi connectivity index (χ3v) is 13.9. The van der Waals surface area contributed by atoms with Crippen molar-refractivity contribution in [2.75, 3.05) is 20.2 Å². The van der Waals surface area contributed by atoms with Crippen LogP contribution in [0.25, 0.3) is 44.3 Å². The fraction of sp³-hybridized carbons (Fsp3) is 0.378. The second-order valence-corrected chi connectivity index (χ2v) is 18.6. The smallest absolute Gasteiger partial charge is 0.407 e. The molecular weight excluding hydrogens is 827 g/mol. The lowest BCUT2D eigenvalue weighted by atomic mass is 10.0. The Morgan fingerprint density at radius 3 is 1.65 bits per heavy atom. The summed E-state index contributed by atoms with van der Waals surface area (Å²) in [5, 5.41) is 15.9. The highest BCUT2D eigenvalue weighted by Crippen LogP contribution is 2.39. The Bertz CT molecular complexity index is 2810. The number of aromatic nitrogens is 5. The zero-order valence-corrected chi connectivity index (χ0v) is 36.5. The molecule has 2 aliphatic heterocycles. The van der Waals surface area contributed by atoms with E-state index in [2.05, 4.69) is 25.6 Å². The van der Waals surface area contributed by atoms with Gasteiger partial charge in [-0.3, -0.25) is 9.59 Å². The van der Waals surface area contributed by atoms with Crippen molar-refractivity contribution in [2.45, 2.75) is 82.4 Å². The molecule has 2 aliphatic rings. The van der Waals surface area contributed by atoms with E-state index in [1.54, 1.807) is 66.4 Å². The average molecular weight is 878 g/mol. The first-order chi connectivity index (χ1) is 30.2. The lowest BCUT2D eigenvalue weighted by Crippen LogP contribution is -2.51. The minimum Gasteiger partial charge on any atom is -0.465 e. The van der Waals surface area contributed by atoms with Gasteiger partial charge in [0.15, 0.2) is 0 Å². The third kappa shape index (κ3) is 8.10. The first-order valence-electron chi connectivity index (χ1n) is 21.1. The van der Waals surface area contributed by atoms with Crippen molar-refractivity contribution in [1.29, 1.82) is 0 Å². The number of likely N-dealkylation sites (tertiary alicyclic amines) is 2. The van der Waals surface area contributed by atoms with E-state index in [0.717, 1.165) is 12.8 Å². The van der Waals surface area contributed by atoms with E-state index >= 15 is 0 Å². The molecule has 330 valence electrons. The number of ether oxygens (including phenoxy) is 1. The van der Waals surface area contributed by atoms with E-state index < -0.39 is 40.3 Å². The van der Waals surface area contributed by atoms with Gasteiger partial charge in [0.05, 0.1) is 58.9 Å². The van der Waals surface area contributed by atoms with Gasteiger partial charge in [0.25, 0.3) is 10.0 Å². The van der Waals surface area contributed by atoms with Crippen LogP contribution in [0.15, 0.2) is 84.0 Å². The Kier molecular flexibility index (Phi) is 11.8. The van der Waals surface area contributed by atoms with E-state index in [0.29, 0.717) is 81.9 Å². The second kappa shape index (κ2) is 17.2. The number of nitrogens with one attached hydrogen (secondary N) is 4. The molecule has 4 amide bonds. The third-order valence-electron chi connectivity index (χ3n) is 12.1. The molecule has 5 heterocycles. The lowest BCUT2D eigenvalue weighted by Gasteiger charge is -2.30. The van der Waals surface area contributed by atoms with Gasteiger partial charge < -0.3 is 40.2 Å². The topological polar surface area (TPSA) is 225 Å². The number of carbonyl (C=O) groups is 4. The van der Waals surface area contributed by atoms with Gasteiger partial charge in [-0.05, 0) is 61.8 Å². The van der Waals surface area contributed by atoms with Gasteiger partial charge >= 0.3 is 12.2 Å². The molecule has 3 aromatic carbocycles. The Morgan fingerprint density at radius 2 is 1.21 bits per heavy atom. The van der Waals surface area contributed by atoms with E-state index in [9.17, 15) is 32.7 Å². The number of carbonyl (C=O) groups excluding carboxylic acids is 3. The summed E-state index contributed by atoms with van der Waals surface area (Å²) in [5.41, 5.74) is 3.51. The summed E-state index contributed by atoms with van der Waals surface area (Å²) in [6.07, 6.45) is 4.20. The number of carboxylic acid groups (broad SMARTS) is 1. The molecule has 18 heteroatoms. The van der Waals surface area contributed by atoms with Crippen molar-refractivity contribution >= 4 is 55.8 Å². The second-order valence-electron chi connectivity index (χ2n) is 16.8. The summed E-state index contributed by atoms with van der Waals surface area (Å²) in [4.78, 5) is 70.7. The highest BCUT2D eigenvalue weighted by molar-refractivity contribution is 7.90. The van der Waals surface area contributed by atoms with Crippen LogP contribution in [0.1, 0.15) is 77.1 Å². The van der Waals surface area contributed by atoms with Crippen LogP contribution in [0.5, 0.6) is 0 Å². The number of rotatable bonds is 12. The first-order valence-corrected chi connectivity index (χ1v) is 22.6. The highest BCUT2D eigenvalue weighted by Gasteiger charge is 2.39. The van der Waals surface area contributed by atoms with Crippen LogP contribution < -0.4 is 10.6 Å². The van der Waals surface area contributed by atoms with Gasteiger partial charge in [-0.1, -0.05) is 70.2 Å². The molecule has 0 saturated carbocycles. The van der Waals surface area contributed by atoms with Crippen molar-refractivity contribution in [2.24, 2.45) is 11.8 Å². The van der Waals surface area contributed by atoms with Crippen LogP contribution in [0.2, 0.25) is 0 Å². The van der Waals surface area contributed by atoms with Crippen LogP contribution in [-0.4, -0.2) is 104 Å². The maximum absolute atomic E-state index is 14.7. The van der Waals surface area contributed by atoms with E-state index in [-0.39, 0.29) is 34.6 Å².